The fraction of sp³-hybridized carbons (Fsp3) is 0.150. The highest BCUT2D eigenvalue weighted by Gasteiger charge is 2.19. The van der Waals surface area contributed by atoms with Crippen LogP contribution in [0, 0.1) is 0 Å². The van der Waals surface area contributed by atoms with Crippen LogP contribution in [-0.4, -0.2) is 32.1 Å². The number of benzene rings is 2. The zero-order chi connectivity index (χ0) is 19.0. The number of ether oxygens (including phenoxy) is 1. The van der Waals surface area contributed by atoms with Crippen molar-refractivity contribution >= 4 is 28.5 Å². The van der Waals surface area contributed by atoms with Gasteiger partial charge in [-0.05, 0) is 31.2 Å². The van der Waals surface area contributed by atoms with Gasteiger partial charge in [-0.15, -0.1) is 0 Å². The minimum atomic E-state index is -0.467. The molecule has 0 saturated carbocycles. The average molecular weight is 381 g/mol. The lowest BCUT2D eigenvalue weighted by Gasteiger charge is -2.09. The van der Waals surface area contributed by atoms with Crippen molar-refractivity contribution in [3.63, 3.8) is 0 Å². The molecular formula is C20H17ClN4O2. The first-order chi connectivity index (χ1) is 13.1. The summed E-state index contributed by atoms with van der Waals surface area (Å²) in [6.45, 7) is 2.05. The maximum Gasteiger partial charge on any atom is 0.358 e. The molecule has 27 heavy (non-hydrogen) atoms. The fourth-order valence-electron chi connectivity index (χ4n) is 3.00. The molecule has 0 aliphatic heterocycles. The highest BCUT2D eigenvalue weighted by atomic mass is 35.5. The second-order valence-corrected chi connectivity index (χ2v) is 6.45. The second kappa shape index (κ2) is 6.89. The Labute approximate surface area is 160 Å². The lowest BCUT2D eigenvalue weighted by molar-refractivity contribution is 0.0519. The number of esters is 1. The summed E-state index contributed by atoms with van der Waals surface area (Å²) in [6, 6.07) is 15.1. The van der Waals surface area contributed by atoms with Crippen LogP contribution in [0.1, 0.15) is 17.4 Å². The predicted molar refractivity (Wildman–Crippen MR) is 104 cm³/mol. The maximum atomic E-state index is 12.2. The van der Waals surface area contributed by atoms with Crippen molar-refractivity contribution in [2.24, 2.45) is 7.05 Å². The number of fused-ring (bicyclic) bond motifs is 1. The van der Waals surface area contributed by atoms with Gasteiger partial charge in [0.15, 0.2) is 5.69 Å². The number of hydrogen-bond acceptors (Lipinski definition) is 4. The fourth-order valence-corrected chi connectivity index (χ4v) is 3.22. The van der Waals surface area contributed by atoms with E-state index < -0.39 is 5.97 Å². The van der Waals surface area contributed by atoms with Gasteiger partial charge in [-0.3, -0.25) is 4.68 Å². The van der Waals surface area contributed by atoms with Crippen molar-refractivity contribution in [1.29, 1.82) is 0 Å². The average Bonchev–Trinajstić information content (AvgIpc) is 3.27. The third-order valence-corrected chi connectivity index (χ3v) is 4.64. The van der Waals surface area contributed by atoms with Gasteiger partial charge < -0.3 is 4.74 Å². The maximum absolute atomic E-state index is 12.2. The molecule has 0 aliphatic carbocycles. The predicted octanol–water partition coefficient (Wildman–Crippen LogP) is 4.26. The summed E-state index contributed by atoms with van der Waals surface area (Å²) in [4.78, 5) is 12.2. The molecule has 2 aromatic heterocycles. The Balaban J connectivity index is 1.93. The molecule has 0 radical (unpaired) electrons. The molecule has 0 amide bonds. The molecule has 4 aromatic rings. The van der Waals surface area contributed by atoms with Crippen LogP contribution in [0.15, 0.2) is 54.7 Å². The first kappa shape index (κ1) is 17.3. The van der Waals surface area contributed by atoms with E-state index in [0.717, 1.165) is 22.2 Å². The Morgan fingerprint density at radius 3 is 2.78 bits per heavy atom. The van der Waals surface area contributed by atoms with Gasteiger partial charge in [0.1, 0.15) is 0 Å². The van der Waals surface area contributed by atoms with Crippen LogP contribution >= 0.6 is 11.6 Å². The monoisotopic (exact) mass is 380 g/mol. The van der Waals surface area contributed by atoms with Crippen LogP contribution in [0.3, 0.4) is 0 Å². The summed E-state index contributed by atoms with van der Waals surface area (Å²) in [6.07, 6.45) is 1.81. The lowest BCUT2D eigenvalue weighted by atomic mass is 10.1. The smallest absolute Gasteiger partial charge is 0.358 e. The van der Waals surface area contributed by atoms with Gasteiger partial charge in [-0.25, -0.2) is 9.48 Å². The topological polar surface area (TPSA) is 61.9 Å². The number of aryl methyl sites for hydroxylation is 1. The minimum absolute atomic E-state index is 0.233. The number of halogens is 1. The quantitative estimate of drug-likeness (QED) is 0.496. The van der Waals surface area contributed by atoms with Crippen molar-refractivity contribution < 1.29 is 9.53 Å². The summed E-state index contributed by atoms with van der Waals surface area (Å²) in [5.41, 5.74) is 3.55. The Hall–Kier alpha value is -3.12. The van der Waals surface area contributed by atoms with Gasteiger partial charge in [-0.2, -0.15) is 10.2 Å². The molecule has 0 aliphatic rings. The van der Waals surface area contributed by atoms with Crippen LogP contribution in [0.5, 0.6) is 0 Å². The number of carbonyl (C=O) groups excluding carboxylic acids is 1. The third-order valence-electron chi connectivity index (χ3n) is 4.32. The van der Waals surface area contributed by atoms with Crippen LogP contribution in [0.25, 0.3) is 27.8 Å². The van der Waals surface area contributed by atoms with Gasteiger partial charge >= 0.3 is 5.97 Å². The molecule has 136 valence electrons. The van der Waals surface area contributed by atoms with Crippen molar-refractivity contribution in [2.45, 2.75) is 6.92 Å². The van der Waals surface area contributed by atoms with E-state index in [1.807, 2.05) is 49.6 Å². The number of rotatable bonds is 4. The lowest BCUT2D eigenvalue weighted by Crippen LogP contribution is -2.07. The van der Waals surface area contributed by atoms with Crippen LogP contribution in [-0.2, 0) is 11.8 Å². The van der Waals surface area contributed by atoms with Crippen LogP contribution in [0.2, 0.25) is 5.02 Å². The van der Waals surface area contributed by atoms with Crippen molar-refractivity contribution in [3.05, 3.63) is 65.4 Å². The molecule has 2 heterocycles. The molecule has 2 aromatic carbocycles. The zero-order valence-electron chi connectivity index (χ0n) is 14.9. The number of aromatic nitrogens is 4. The summed E-state index contributed by atoms with van der Waals surface area (Å²) < 4.78 is 8.59. The van der Waals surface area contributed by atoms with Gasteiger partial charge in [0, 0.05) is 18.0 Å². The van der Waals surface area contributed by atoms with Crippen molar-refractivity contribution in [3.8, 4) is 16.9 Å². The molecule has 7 heteroatoms. The first-order valence-corrected chi connectivity index (χ1v) is 8.90. The van der Waals surface area contributed by atoms with Crippen LogP contribution in [0.4, 0.5) is 0 Å². The third kappa shape index (κ3) is 3.08. The summed E-state index contributed by atoms with van der Waals surface area (Å²) >= 11 is 6.38. The number of carbonyl (C=O) groups is 1. The van der Waals surface area contributed by atoms with E-state index in [-0.39, 0.29) is 12.3 Å². The molecule has 0 spiro atoms. The minimum Gasteiger partial charge on any atom is -0.461 e. The standard InChI is InChI=1S/C20H17ClN4O2/c1-3-27-20(26)16-11-19(25(23-16)17-7-5-4-6-15(17)21)13-8-9-14-12-22-24(2)18(14)10-13/h4-12H,3H2,1-2H3. The normalized spacial score (nSPS) is 11.1. The molecule has 4 rings (SSSR count). The Morgan fingerprint density at radius 1 is 1.19 bits per heavy atom. The van der Waals surface area contributed by atoms with Crippen molar-refractivity contribution in [2.75, 3.05) is 6.61 Å². The van der Waals surface area contributed by atoms with Crippen LogP contribution < -0.4 is 0 Å². The molecule has 0 atom stereocenters. The molecular weight excluding hydrogens is 364 g/mol. The molecule has 0 bridgehead atoms. The summed E-state index contributed by atoms with van der Waals surface area (Å²) in [5.74, 6) is -0.467. The van der Waals surface area contributed by atoms with Gasteiger partial charge in [0.2, 0.25) is 0 Å². The molecule has 0 saturated heterocycles. The Morgan fingerprint density at radius 2 is 2.00 bits per heavy atom. The molecule has 0 unspecified atom stereocenters. The van der Waals surface area contributed by atoms with E-state index in [1.165, 1.54) is 0 Å². The highest BCUT2D eigenvalue weighted by Crippen LogP contribution is 2.30. The summed E-state index contributed by atoms with van der Waals surface area (Å²) in [5, 5.41) is 10.3. The number of para-hydroxylation sites is 1. The van der Waals surface area contributed by atoms with E-state index in [1.54, 1.807) is 28.4 Å². The zero-order valence-corrected chi connectivity index (χ0v) is 15.6. The summed E-state index contributed by atoms with van der Waals surface area (Å²) in [7, 11) is 1.89. The van der Waals surface area contributed by atoms with E-state index in [2.05, 4.69) is 10.2 Å². The van der Waals surface area contributed by atoms with Crippen molar-refractivity contribution in [1.82, 2.24) is 19.6 Å². The second-order valence-electron chi connectivity index (χ2n) is 6.04. The molecule has 6 nitrogen and oxygen atoms in total. The largest absolute Gasteiger partial charge is 0.461 e. The number of nitrogens with zero attached hydrogens (tertiary/aromatic N) is 4. The first-order valence-electron chi connectivity index (χ1n) is 8.52. The van der Waals surface area contributed by atoms with E-state index in [0.29, 0.717) is 10.7 Å². The van der Waals surface area contributed by atoms with E-state index >= 15 is 0 Å². The number of hydrogen-bond donors (Lipinski definition) is 0. The highest BCUT2D eigenvalue weighted by molar-refractivity contribution is 6.32. The van der Waals surface area contributed by atoms with Gasteiger partial charge in [-0.1, -0.05) is 35.9 Å². The SMILES string of the molecule is CCOC(=O)c1cc(-c2ccc3cnn(C)c3c2)n(-c2ccccc2Cl)n1. The Bertz CT molecular complexity index is 1150. The van der Waals surface area contributed by atoms with E-state index in [9.17, 15) is 4.79 Å². The molecule has 0 fully saturated rings. The van der Waals surface area contributed by atoms with Gasteiger partial charge in [0.05, 0.1) is 34.7 Å². The Kier molecular flexibility index (Phi) is 4.41. The van der Waals surface area contributed by atoms with E-state index in [4.69, 9.17) is 16.3 Å². The molecule has 0 N–H and O–H groups in total. The van der Waals surface area contributed by atoms with Gasteiger partial charge in [0.25, 0.3) is 0 Å².